The number of aliphatic carboxylic acids is 1. The maximum atomic E-state index is 12.8. The van der Waals surface area contributed by atoms with E-state index in [-0.39, 0.29) is 25.6 Å². The fraction of sp³-hybridized carbons (Fsp3) is 0.240. The maximum Gasteiger partial charge on any atom is 0.407 e. The number of carbonyl (C=O) groups excluding carboxylic acids is 2. The summed E-state index contributed by atoms with van der Waals surface area (Å²) >= 11 is 0. The van der Waals surface area contributed by atoms with Crippen LogP contribution in [0, 0.1) is 0 Å². The van der Waals surface area contributed by atoms with Crippen LogP contribution < -0.4 is 5.32 Å². The second-order valence-electron chi connectivity index (χ2n) is 7.44. The van der Waals surface area contributed by atoms with E-state index in [0.717, 1.165) is 22.3 Å². The molecule has 1 atom stereocenters. The minimum Gasteiger partial charge on any atom is -0.481 e. The third-order valence-electron chi connectivity index (χ3n) is 5.32. The highest BCUT2D eigenvalue weighted by atomic mass is 16.5. The van der Waals surface area contributed by atoms with Crippen LogP contribution in [-0.2, 0) is 14.3 Å². The van der Waals surface area contributed by atoms with Crippen molar-refractivity contribution < 1.29 is 24.2 Å². The molecule has 32 heavy (non-hydrogen) atoms. The van der Waals surface area contributed by atoms with E-state index >= 15 is 0 Å². The largest absolute Gasteiger partial charge is 0.481 e. The fourth-order valence-electron chi connectivity index (χ4n) is 3.94. The summed E-state index contributed by atoms with van der Waals surface area (Å²) in [6.07, 6.45) is 1.64. The lowest BCUT2D eigenvalue weighted by Gasteiger charge is -2.25. The lowest BCUT2D eigenvalue weighted by atomic mass is 9.98. The summed E-state index contributed by atoms with van der Waals surface area (Å²) in [6.45, 7) is 7.67. The lowest BCUT2D eigenvalue weighted by Crippen LogP contribution is -2.50. The number of amides is 2. The Kier molecular flexibility index (Phi) is 7.44. The van der Waals surface area contributed by atoms with Gasteiger partial charge in [0.05, 0.1) is 6.42 Å². The Morgan fingerprint density at radius 3 is 2.03 bits per heavy atom. The van der Waals surface area contributed by atoms with E-state index in [9.17, 15) is 19.5 Å². The predicted molar refractivity (Wildman–Crippen MR) is 121 cm³/mol. The second-order valence-corrected chi connectivity index (χ2v) is 7.44. The van der Waals surface area contributed by atoms with Crippen LogP contribution in [-0.4, -0.2) is 53.7 Å². The molecule has 0 heterocycles. The van der Waals surface area contributed by atoms with Crippen LogP contribution in [0.15, 0.2) is 73.8 Å². The molecule has 2 amide bonds. The van der Waals surface area contributed by atoms with Crippen LogP contribution in [0.5, 0.6) is 0 Å². The molecule has 1 aliphatic rings. The normalized spacial score (nSPS) is 12.8. The predicted octanol–water partition coefficient (Wildman–Crippen LogP) is 3.57. The molecule has 166 valence electrons. The first-order valence-electron chi connectivity index (χ1n) is 10.3. The molecular weight excluding hydrogens is 408 g/mol. The van der Waals surface area contributed by atoms with Gasteiger partial charge >= 0.3 is 12.1 Å². The van der Waals surface area contributed by atoms with Gasteiger partial charge in [0.25, 0.3) is 0 Å². The van der Waals surface area contributed by atoms with Gasteiger partial charge in [-0.15, -0.1) is 13.2 Å². The molecule has 0 aliphatic heterocycles. The molecule has 2 aromatic rings. The Morgan fingerprint density at radius 1 is 1.00 bits per heavy atom. The summed E-state index contributed by atoms with van der Waals surface area (Å²) in [5, 5.41) is 11.6. The van der Waals surface area contributed by atoms with Gasteiger partial charge in [-0.25, -0.2) is 4.79 Å². The van der Waals surface area contributed by atoms with E-state index in [1.165, 1.54) is 17.1 Å². The topological polar surface area (TPSA) is 95.9 Å². The average molecular weight is 434 g/mol. The number of nitrogens with one attached hydrogen (secondary N) is 1. The summed E-state index contributed by atoms with van der Waals surface area (Å²) in [6, 6.07) is 14.6. The fourth-order valence-corrected chi connectivity index (χ4v) is 3.94. The second kappa shape index (κ2) is 10.4. The molecule has 7 nitrogen and oxygen atoms in total. The summed E-state index contributed by atoms with van der Waals surface area (Å²) in [7, 11) is 0. The van der Waals surface area contributed by atoms with Crippen LogP contribution >= 0.6 is 0 Å². The molecule has 3 rings (SSSR count). The molecule has 0 saturated heterocycles. The smallest absolute Gasteiger partial charge is 0.407 e. The van der Waals surface area contributed by atoms with Crippen LogP contribution in [0.25, 0.3) is 11.1 Å². The van der Waals surface area contributed by atoms with Gasteiger partial charge in [0.2, 0.25) is 5.91 Å². The SMILES string of the molecule is C=CCN(CC=C)C(=O)C(CC(=O)O)NC(=O)OCC1c2ccccc2-c2ccccc21. The number of benzene rings is 2. The van der Waals surface area contributed by atoms with Gasteiger partial charge in [-0.1, -0.05) is 60.7 Å². The molecule has 0 saturated carbocycles. The van der Waals surface area contributed by atoms with Gasteiger partial charge in [0.15, 0.2) is 0 Å². The third kappa shape index (κ3) is 5.06. The van der Waals surface area contributed by atoms with Crippen LogP contribution in [0.1, 0.15) is 23.5 Å². The zero-order valence-electron chi connectivity index (χ0n) is 17.7. The number of fused-ring (bicyclic) bond motifs is 3. The maximum absolute atomic E-state index is 12.8. The Labute approximate surface area is 187 Å². The van der Waals surface area contributed by atoms with E-state index in [0.29, 0.717) is 0 Å². The molecule has 2 aromatic carbocycles. The van der Waals surface area contributed by atoms with Crippen molar-refractivity contribution in [3.63, 3.8) is 0 Å². The van der Waals surface area contributed by atoms with Crippen molar-refractivity contribution in [1.29, 1.82) is 0 Å². The van der Waals surface area contributed by atoms with Crippen molar-refractivity contribution in [3.8, 4) is 11.1 Å². The number of carboxylic acid groups (broad SMARTS) is 1. The van der Waals surface area contributed by atoms with Gasteiger partial charge < -0.3 is 20.1 Å². The first kappa shape index (κ1) is 22.8. The monoisotopic (exact) mass is 434 g/mol. The van der Waals surface area contributed by atoms with Crippen molar-refractivity contribution in [2.24, 2.45) is 0 Å². The van der Waals surface area contributed by atoms with Gasteiger partial charge in [0.1, 0.15) is 12.6 Å². The number of hydrogen-bond acceptors (Lipinski definition) is 4. The molecule has 1 unspecified atom stereocenters. The Morgan fingerprint density at radius 2 is 1.53 bits per heavy atom. The Bertz CT molecular complexity index is 977. The minimum absolute atomic E-state index is 0.0663. The van der Waals surface area contributed by atoms with Crippen molar-refractivity contribution in [2.45, 2.75) is 18.4 Å². The standard InChI is InChI=1S/C25H26N2O5/c1-3-13-27(14-4-2)24(30)22(15-23(28)29)26-25(31)32-16-21-19-11-7-5-9-17(19)18-10-6-8-12-20(18)21/h3-12,21-22H,1-2,13-16H2,(H,26,31)(H,28,29). The molecule has 0 aromatic heterocycles. The van der Waals surface area contributed by atoms with E-state index in [4.69, 9.17) is 4.74 Å². The number of carbonyl (C=O) groups is 3. The molecule has 7 heteroatoms. The van der Waals surface area contributed by atoms with Crippen molar-refractivity contribution >= 4 is 18.0 Å². The summed E-state index contributed by atoms with van der Waals surface area (Å²) in [5.41, 5.74) is 4.31. The number of rotatable bonds is 10. The van der Waals surface area contributed by atoms with Gasteiger partial charge in [0, 0.05) is 19.0 Å². The van der Waals surface area contributed by atoms with Crippen molar-refractivity contribution in [1.82, 2.24) is 10.2 Å². The van der Waals surface area contributed by atoms with Gasteiger partial charge in [-0.3, -0.25) is 9.59 Å². The highest BCUT2D eigenvalue weighted by Crippen LogP contribution is 2.44. The minimum atomic E-state index is -1.26. The Hall–Kier alpha value is -3.87. The first-order valence-corrected chi connectivity index (χ1v) is 10.3. The highest BCUT2D eigenvalue weighted by Gasteiger charge is 2.31. The molecule has 1 aliphatic carbocycles. The van der Waals surface area contributed by atoms with Gasteiger partial charge in [-0.05, 0) is 22.3 Å². The van der Waals surface area contributed by atoms with Crippen LogP contribution in [0.4, 0.5) is 4.79 Å². The van der Waals surface area contributed by atoms with E-state index in [1.807, 2.05) is 48.5 Å². The van der Waals surface area contributed by atoms with Gasteiger partial charge in [-0.2, -0.15) is 0 Å². The molecule has 0 spiro atoms. The summed E-state index contributed by atoms with van der Waals surface area (Å²) in [4.78, 5) is 37.9. The van der Waals surface area contributed by atoms with Crippen molar-refractivity contribution in [2.75, 3.05) is 19.7 Å². The van der Waals surface area contributed by atoms with E-state index in [2.05, 4.69) is 18.5 Å². The highest BCUT2D eigenvalue weighted by molar-refractivity contribution is 5.89. The van der Waals surface area contributed by atoms with Crippen LogP contribution in [0.2, 0.25) is 0 Å². The summed E-state index contributed by atoms with van der Waals surface area (Å²) in [5.74, 6) is -1.89. The molecule has 2 N–H and O–H groups in total. The zero-order chi connectivity index (χ0) is 23.1. The lowest BCUT2D eigenvalue weighted by molar-refractivity contribution is -0.142. The first-order chi connectivity index (χ1) is 15.5. The molecule has 0 radical (unpaired) electrons. The molecule has 0 bridgehead atoms. The Balaban J connectivity index is 1.70. The third-order valence-corrected chi connectivity index (χ3v) is 5.32. The number of ether oxygens (including phenoxy) is 1. The number of hydrogen-bond donors (Lipinski definition) is 2. The number of nitrogens with zero attached hydrogens (tertiary/aromatic N) is 1. The molecule has 0 fully saturated rings. The van der Waals surface area contributed by atoms with Crippen LogP contribution in [0.3, 0.4) is 0 Å². The molecular formula is C25H26N2O5. The quantitative estimate of drug-likeness (QED) is 0.558. The van der Waals surface area contributed by atoms with E-state index < -0.39 is 30.4 Å². The van der Waals surface area contributed by atoms with Crippen molar-refractivity contribution in [3.05, 3.63) is 85.0 Å². The summed E-state index contributed by atoms with van der Waals surface area (Å²) < 4.78 is 5.45. The number of carboxylic acids is 1. The average Bonchev–Trinajstić information content (AvgIpc) is 3.10. The zero-order valence-corrected chi connectivity index (χ0v) is 17.7. The van der Waals surface area contributed by atoms with E-state index in [1.54, 1.807) is 0 Å². The number of alkyl carbamates (subject to hydrolysis) is 1.